The molecule has 0 saturated carbocycles. The third kappa shape index (κ3) is 7.13. The first kappa shape index (κ1) is 27.0. The molecule has 6 nitrogen and oxygen atoms in total. The van der Waals surface area contributed by atoms with Gasteiger partial charge in [0.1, 0.15) is 29.0 Å². The van der Waals surface area contributed by atoms with E-state index in [1.54, 1.807) is 38.1 Å². The van der Waals surface area contributed by atoms with Crippen molar-refractivity contribution in [2.24, 2.45) is 0 Å². The number of allylic oxidation sites excluding steroid dienone is 3. The lowest BCUT2D eigenvalue weighted by Crippen LogP contribution is -2.28. The second kappa shape index (κ2) is 12.9. The lowest BCUT2D eigenvalue weighted by atomic mass is 10.0. The predicted octanol–water partition coefficient (Wildman–Crippen LogP) is 4.86. The van der Waals surface area contributed by atoms with Gasteiger partial charge in [0.05, 0.1) is 6.61 Å². The first-order chi connectivity index (χ1) is 16.2. The minimum Gasteiger partial charge on any atom is -0.487 e. The lowest BCUT2D eigenvalue weighted by molar-refractivity contribution is -0.104. The fourth-order valence-corrected chi connectivity index (χ4v) is 3.21. The largest absolute Gasteiger partial charge is 0.487 e. The number of halogens is 3. The van der Waals surface area contributed by atoms with Crippen molar-refractivity contribution < 1.29 is 27.8 Å². The quantitative estimate of drug-likeness (QED) is 0.160. The minimum atomic E-state index is -0.768. The number of anilines is 1. The van der Waals surface area contributed by atoms with Crippen LogP contribution >= 0.6 is 11.6 Å². The summed E-state index contributed by atoms with van der Waals surface area (Å²) in [6.07, 6.45) is 1.95. The second-order valence-corrected chi connectivity index (χ2v) is 7.80. The Labute approximate surface area is 202 Å². The molecule has 2 rings (SSSR count). The Morgan fingerprint density at radius 3 is 2.62 bits per heavy atom. The topological polar surface area (TPSA) is 67.9 Å². The minimum absolute atomic E-state index is 0.0239. The van der Waals surface area contributed by atoms with E-state index in [-0.39, 0.29) is 28.9 Å². The summed E-state index contributed by atoms with van der Waals surface area (Å²) in [5.74, 6) is -1.67. The van der Waals surface area contributed by atoms with E-state index in [0.717, 1.165) is 23.4 Å². The summed E-state index contributed by atoms with van der Waals surface area (Å²) in [7, 11) is 3.34. The van der Waals surface area contributed by atoms with Gasteiger partial charge in [-0.25, -0.2) is 8.78 Å². The Hall–Kier alpha value is -3.23. The van der Waals surface area contributed by atoms with Gasteiger partial charge in [0.2, 0.25) is 0 Å². The fourth-order valence-electron chi connectivity index (χ4n) is 3.10. The molecule has 182 valence electrons. The normalized spacial score (nSPS) is 12.1. The Kier molecular flexibility index (Phi) is 10.2. The Balaban J connectivity index is 2.27. The van der Waals surface area contributed by atoms with Crippen LogP contribution in [0, 0.1) is 18.6 Å². The number of nitrogens with one attached hydrogen (secondary N) is 1. The zero-order valence-corrected chi connectivity index (χ0v) is 20.2. The van der Waals surface area contributed by atoms with Gasteiger partial charge in [0, 0.05) is 55.4 Å². The molecule has 0 atom stereocenters. The first-order valence-electron chi connectivity index (χ1n) is 10.4. The summed E-state index contributed by atoms with van der Waals surface area (Å²) in [6, 6.07) is 8.45. The van der Waals surface area contributed by atoms with E-state index in [1.165, 1.54) is 12.1 Å². The zero-order chi connectivity index (χ0) is 25.3. The van der Waals surface area contributed by atoms with Gasteiger partial charge in [0.15, 0.2) is 6.29 Å². The van der Waals surface area contributed by atoms with Crippen LogP contribution in [0.3, 0.4) is 0 Å². The second-order valence-electron chi connectivity index (χ2n) is 7.40. The number of ether oxygens (including phenoxy) is 2. The molecular formula is C25H27ClF2N2O4. The van der Waals surface area contributed by atoms with Crippen LogP contribution in [0.1, 0.15) is 28.4 Å². The molecule has 0 aliphatic carbocycles. The number of nitrogens with zero attached hydrogens (tertiary/aromatic N) is 1. The van der Waals surface area contributed by atoms with Crippen LogP contribution in [0.25, 0.3) is 0 Å². The van der Waals surface area contributed by atoms with Gasteiger partial charge in [-0.1, -0.05) is 17.7 Å². The van der Waals surface area contributed by atoms with E-state index in [2.05, 4.69) is 5.32 Å². The molecule has 0 radical (unpaired) electrons. The van der Waals surface area contributed by atoms with Crippen LogP contribution in [0.2, 0.25) is 0 Å². The third-order valence-electron chi connectivity index (χ3n) is 5.11. The highest BCUT2D eigenvalue weighted by Gasteiger charge is 2.16. The molecule has 1 amide bonds. The van der Waals surface area contributed by atoms with Crippen LogP contribution in [-0.2, 0) is 20.9 Å². The van der Waals surface area contributed by atoms with Gasteiger partial charge in [-0.05, 0) is 43.7 Å². The van der Waals surface area contributed by atoms with Crippen molar-refractivity contribution in [3.8, 4) is 0 Å². The Morgan fingerprint density at radius 2 is 1.97 bits per heavy atom. The molecule has 34 heavy (non-hydrogen) atoms. The number of aldehydes is 1. The Bertz CT molecular complexity index is 1100. The van der Waals surface area contributed by atoms with E-state index in [9.17, 15) is 18.4 Å². The number of hydrogen-bond donors (Lipinski definition) is 1. The van der Waals surface area contributed by atoms with Crippen LogP contribution in [-0.4, -0.2) is 39.5 Å². The molecule has 9 heteroatoms. The van der Waals surface area contributed by atoms with E-state index in [4.69, 9.17) is 21.1 Å². The maximum Gasteiger partial charge on any atom is 0.251 e. The van der Waals surface area contributed by atoms with Crippen LogP contribution in [0.5, 0.6) is 0 Å². The van der Waals surface area contributed by atoms with Gasteiger partial charge in [-0.15, -0.1) is 0 Å². The maximum absolute atomic E-state index is 13.9. The highest BCUT2D eigenvalue weighted by atomic mass is 35.5. The molecule has 0 spiro atoms. The standard InChI is InChI=1S/C25H27ClF2N2O4/c1-16(12-24(21(26)14-31)34-15-18-8-9-19(27)13-22(18)28)30(3)23-7-5-6-20(17(23)2)25(32)29-10-11-33-4/h5-9,12-14H,10-11,15H2,1-4H3,(H,29,32)/b16-12-,24-21-. The van der Waals surface area contributed by atoms with Crippen molar-refractivity contribution in [2.45, 2.75) is 20.5 Å². The number of carbonyl (C=O) groups excluding carboxylic acids is 2. The molecular weight excluding hydrogens is 466 g/mol. The zero-order valence-electron chi connectivity index (χ0n) is 19.5. The number of carbonyl (C=O) groups is 2. The van der Waals surface area contributed by atoms with Gasteiger partial charge >= 0.3 is 0 Å². The summed E-state index contributed by atoms with van der Waals surface area (Å²) < 4.78 is 37.6. The summed E-state index contributed by atoms with van der Waals surface area (Å²) in [5, 5.41) is 2.59. The predicted molar refractivity (Wildman–Crippen MR) is 128 cm³/mol. The highest BCUT2D eigenvalue weighted by Crippen LogP contribution is 2.26. The number of benzene rings is 2. The molecule has 0 bridgehead atoms. The molecule has 0 aromatic heterocycles. The SMILES string of the molecule is COCCNC(=O)c1cccc(N(C)/C(C)=C\C(OCc2ccc(F)cc2F)=C(\Cl)C=O)c1C. The average Bonchev–Trinajstić information content (AvgIpc) is 2.81. The van der Waals surface area contributed by atoms with E-state index >= 15 is 0 Å². The Morgan fingerprint density at radius 1 is 1.24 bits per heavy atom. The van der Waals surface area contributed by atoms with Crippen molar-refractivity contribution in [1.82, 2.24) is 5.32 Å². The summed E-state index contributed by atoms with van der Waals surface area (Å²) in [4.78, 5) is 25.6. The monoisotopic (exact) mass is 492 g/mol. The molecule has 0 aliphatic rings. The molecule has 0 fully saturated rings. The molecule has 0 unspecified atom stereocenters. The van der Waals surface area contributed by atoms with Gasteiger partial charge in [-0.2, -0.15) is 0 Å². The van der Waals surface area contributed by atoms with Gasteiger partial charge in [-0.3, -0.25) is 9.59 Å². The van der Waals surface area contributed by atoms with Crippen LogP contribution in [0.15, 0.2) is 59.0 Å². The summed E-state index contributed by atoms with van der Waals surface area (Å²) in [6.45, 7) is 4.13. The van der Waals surface area contributed by atoms with E-state index in [1.807, 2.05) is 13.0 Å². The van der Waals surface area contributed by atoms with Crippen LogP contribution < -0.4 is 10.2 Å². The highest BCUT2D eigenvalue weighted by molar-refractivity contribution is 6.39. The van der Waals surface area contributed by atoms with Crippen molar-refractivity contribution >= 4 is 29.5 Å². The molecule has 0 heterocycles. The maximum atomic E-state index is 13.9. The first-order valence-corrected chi connectivity index (χ1v) is 10.8. The van der Waals surface area contributed by atoms with Gasteiger partial charge in [0.25, 0.3) is 5.91 Å². The summed E-state index contributed by atoms with van der Waals surface area (Å²) >= 11 is 6.02. The molecule has 1 N–H and O–H groups in total. The van der Waals surface area contributed by atoms with E-state index < -0.39 is 11.6 Å². The fraction of sp³-hybridized carbons (Fsp3) is 0.280. The molecule has 2 aromatic carbocycles. The average molecular weight is 493 g/mol. The van der Waals surface area contributed by atoms with Crippen molar-refractivity contribution in [1.29, 1.82) is 0 Å². The molecule has 2 aromatic rings. The van der Waals surface area contributed by atoms with Crippen molar-refractivity contribution in [2.75, 3.05) is 32.2 Å². The smallest absolute Gasteiger partial charge is 0.251 e. The van der Waals surface area contributed by atoms with Crippen molar-refractivity contribution in [3.05, 3.63) is 87.3 Å². The molecule has 0 saturated heterocycles. The number of rotatable bonds is 11. The lowest BCUT2D eigenvalue weighted by Gasteiger charge is -2.24. The van der Waals surface area contributed by atoms with Gasteiger partial charge < -0.3 is 19.7 Å². The van der Waals surface area contributed by atoms with E-state index in [0.29, 0.717) is 30.7 Å². The number of amides is 1. The van der Waals surface area contributed by atoms with Crippen LogP contribution in [0.4, 0.5) is 14.5 Å². The third-order valence-corrected chi connectivity index (χ3v) is 5.38. The molecule has 0 aliphatic heterocycles. The van der Waals surface area contributed by atoms with Crippen molar-refractivity contribution in [3.63, 3.8) is 0 Å². The number of hydrogen-bond acceptors (Lipinski definition) is 5. The number of methoxy groups -OCH3 is 1. The summed E-state index contributed by atoms with van der Waals surface area (Å²) in [5.41, 5.74) is 2.75.